The number of carbonyl (C=O) groups is 2. The van der Waals surface area contributed by atoms with Crippen LogP contribution in [-0.2, 0) is 35.0 Å². The number of ether oxygens (including phenoxy) is 1. The van der Waals surface area contributed by atoms with Gasteiger partial charge in [-0.3, -0.25) is 8.98 Å². The molecule has 32 heavy (non-hydrogen) atoms. The maximum Gasteiger partial charge on any atom is 0.307 e. The first kappa shape index (κ1) is 28.4. The highest BCUT2D eigenvalue weighted by Crippen LogP contribution is 2.22. The van der Waals surface area contributed by atoms with Gasteiger partial charge in [-0.15, -0.1) is 11.6 Å². The van der Waals surface area contributed by atoms with E-state index in [0.717, 1.165) is 29.3 Å². The Labute approximate surface area is 197 Å². The number of alkyl halides is 1. The predicted molar refractivity (Wildman–Crippen MR) is 130 cm³/mol. The Morgan fingerprint density at radius 2 is 2.00 bits per heavy atom. The Bertz CT molecular complexity index is 860. The highest BCUT2D eigenvalue weighted by atomic mass is 35.5. The minimum atomic E-state index is -3.52. The number of hydrogen-bond acceptors (Lipinski definition) is 8. The Hall–Kier alpha value is -1.62. The van der Waals surface area contributed by atoms with Crippen molar-refractivity contribution >= 4 is 47.0 Å². The average Bonchev–Trinajstić information content (AvgIpc) is 2.64. The van der Waals surface area contributed by atoms with Crippen molar-refractivity contribution in [2.45, 2.75) is 52.2 Å². The minimum absolute atomic E-state index is 0.0150. The lowest BCUT2D eigenvalue weighted by Gasteiger charge is -2.26. The molecular weight excluding hydrogens is 455 g/mol. The third kappa shape index (κ3) is 11.8. The van der Waals surface area contributed by atoms with Crippen molar-refractivity contribution in [1.29, 1.82) is 0 Å². The van der Waals surface area contributed by atoms with Crippen molar-refractivity contribution in [1.82, 2.24) is 5.23 Å². The number of hydrogen-bond donors (Lipinski definition) is 1. The first-order valence-electron chi connectivity index (χ1n) is 10.5. The van der Waals surface area contributed by atoms with Crippen molar-refractivity contribution in [3.8, 4) is 0 Å². The molecule has 1 aromatic carbocycles. The van der Waals surface area contributed by atoms with Gasteiger partial charge in [-0.05, 0) is 57.4 Å². The third-order valence-corrected chi connectivity index (χ3v) is 5.26. The highest BCUT2D eigenvalue weighted by Gasteiger charge is 2.21. The van der Waals surface area contributed by atoms with E-state index in [9.17, 15) is 18.0 Å². The van der Waals surface area contributed by atoms with Gasteiger partial charge in [-0.2, -0.15) is 8.42 Å². The van der Waals surface area contributed by atoms with Crippen LogP contribution in [0.15, 0.2) is 18.2 Å². The number of benzene rings is 1. The topological polar surface area (TPSA) is 102 Å². The van der Waals surface area contributed by atoms with Gasteiger partial charge in [0.1, 0.15) is 5.60 Å². The Morgan fingerprint density at radius 3 is 2.56 bits per heavy atom. The zero-order valence-electron chi connectivity index (χ0n) is 19.5. The molecule has 1 N–H and O–H groups in total. The Kier molecular flexibility index (Phi) is 11.7. The van der Waals surface area contributed by atoms with Gasteiger partial charge in [0.25, 0.3) is 17.5 Å². The summed E-state index contributed by atoms with van der Waals surface area (Å²) in [5.74, 6) is 0.0287. The van der Waals surface area contributed by atoms with Gasteiger partial charge in [-0.1, -0.05) is 6.07 Å². The molecule has 0 aliphatic carbocycles. The van der Waals surface area contributed by atoms with E-state index in [1.165, 1.54) is 0 Å². The fraction of sp³-hybridized carbons (Fsp3) is 0.619. The summed E-state index contributed by atoms with van der Waals surface area (Å²) in [6.07, 6.45) is 2.42. The summed E-state index contributed by atoms with van der Waals surface area (Å²) in [6, 6.07) is 5.62. The van der Waals surface area contributed by atoms with Gasteiger partial charge in [0.15, 0.2) is 0 Å². The average molecular weight is 489 g/mol. The fourth-order valence-corrected chi connectivity index (χ4v) is 3.71. The summed E-state index contributed by atoms with van der Waals surface area (Å²) >= 11 is 5.94. The van der Waals surface area contributed by atoms with E-state index in [1.54, 1.807) is 0 Å². The summed E-state index contributed by atoms with van der Waals surface area (Å²) in [7, 11) is -3.39. The molecule has 180 valence electrons. The zero-order chi connectivity index (χ0) is 24.4. The van der Waals surface area contributed by atoms with E-state index in [2.05, 4.69) is 5.23 Å². The smallest absolute Gasteiger partial charge is 0.307 e. The molecule has 0 radical (unpaired) electrons. The molecule has 0 aliphatic rings. The molecule has 0 heterocycles. The van der Waals surface area contributed by atoms with Gasteiger partial charge in [0.05, 0.1) is 25.5 Å². The standard InChI is InChI=1S/C21H34BClN2O6S/c1-16-6-7-19(25(9-8-23)10-11-30-32(5,28)29)13-17(16)12-18(24-22-15-26)14-20(27)31-21(2,3)4/h6-7,13,15,18,22,24H,8-12,14H2,1-5H3/t18-/m1/s1. The van der Waals surface area contributed by atoms with Crippen molar-refractivity contribution in [3.05, 3.63) is 29.3 Å². The first-order chi connectivity index (χ1) is 14.8. The number of esters is 1. The number of rotatable bonds is 14. The SMILES string of the molecule is Cc1ccc(N(CCCl)CCOS(C)(=O)=O)cc1C[C@H](CC(=O)OC(C)(C)C)NBC=O. The largest absolute Gasteiger partial charge is 0.460 e. The lowest BCUT2D eigenvalue weighted by Crippen LogP contribution is -2.38. The molecular formula is C21H34BClN2O6S. The molecule has 0 saturated heterocycles. The van der Waals surface area contributed by atoms with E-state index >= 15 is 0 Å². The number of halogens is 1. The molecule has 1 aromatic rings. The van der Waals surface area contributed by atoms with Crippen LogP contribution in [0.2, 0.25) is 0 Å². The van der Waals surface area contributed by atoms with E-state index in [-0.39, 0.29) is 32.5 Å². The quantitative estimate of drug-likeness (QED) is 0.139. The molecule has 0 bridgehead atoms. The van der Waals surface area contributed by atoms with Gasteiger partial charge in [0, 0.05) is 30.7 Å². The molecule has 0 saturated carbocycles. The van der Waals surface area contributed by atoms with Crippen molar-refractivity contribution < 1.29 is 26.9 Å². The minimum Gasteiger partial charge on any atom is -0.460 e. The molecule has 0 aromatic heterocycles. The second-order valence-corrected chi connectivity index (χ2v) is 10.6. The molecule has 0 amide bonds. The van der Waals surface area contributed by atoms with Gasteiger partial charge in [-0.25, -0.2) is 0 Å². The van der Waals surface area contributed by atoms with Crippen LogP contribution in [-0.4, -0.2) is 71.5 Å². The number of nitrogens with zero attached hydrogens (tertiary/aromatic N) is 1. The van der Waals surface area contributed by atoms with Crippen LogP contribution in [0.25, 0.3) is 0 Å². The Morgan fingerprint density at radius 1 is 1.31 bits per heavy atom. The molecule has 0 fully saturated rings. The summed E-state index contributed by atoms with van der Waals surface area (Å²) in [5.41, 5.74) is 2.32. The number of carbonyl (C=O) groups excluding carboxylic acids is 2. The summed E-state index contributed by atoms with van der Waals surface area (Å²) < 4.78 is 32.8. The van der Waals surface area contributed by atoms with Crippen molar-refractivity contribution in [2.24, 2.45) is 0 Å². The maximum absolute atomic E-state index is 12.3. The molecule has 0 spiro atoms. The van der Waals surface area contributed by atoms with Gasteiger partial charge < -0.3 is 19.7 Å². The van der Waals surface area contributed by atoms with Crippen LogP contribution < -0.4 is 10.1 Å². The van der Waals surface area contributed by atoms with E-state index in [0.29, 0.717) is 25.4 Å². The van der Waals surface area contributed by atoms with E-state index < -0.39 is 15.7 Å². The molecule has 11 heteroatoms. The van der Waals surface area contributed by atoms with Crippen LogP contribution in [0.3, 0.4) is 0 Å². The normalized spacial score (nSPS) is 12.8. The highest BCUT2D eigenvalue weighted by molar-refractivity contribution is 7.85. The zero-order valence-corrected chi connectivity index (χ0v) is 21.1. The summed E-state index contributed by atoms with van der Waals surface area (Å²) in [4.78, 5) is 25.2. The second kappa shape index (κ2) is 13.2. The number of anilines is 1. The van der Waals surface area contributed by atoms with Crippen molar-refractivity contribution in [3.63, 3.8) is 0 Å². The van der Waals surface area contributed by atoms with Gasteiger partial charge in [0.2, 0.25) is 0 Å². The lowest BCUT2D eigenvalue weighted by atomic mass is 9.91. The van der Waals surface area contributed by atoms with E-state index in [1.807, 2.05) is 50.8 Å². The molecule has 0 aliphatic heterocycles. The number of nitrogens with one attached hydrogen (secondary N) is 1. The summed E-state index contributed by atoms with van der Waals surface area (Å²) in [6.45, 7) is 8.29. The molecule has 1 atom stereocenters. The van der Waals surface area contributed by atoms with E-state index in [4.69, 9.17) is 20.5 Å². The summed E-state index contributed by atoms with van der Waals surface area (Å²) in [5, 5.41) is 3.10. The molecule has 1 rings (SSSR count). The van der Waals surface area contributed by atoms with Crippen LogP contribution in [0.1, 0.15) is 38.3 Å². The molecule has 0 unspecified atom stereocenters. The van der Waals surface area contributed by atoms with Gasteiger partial charge >= 0.3 is 5.97 Å². The maximum atomic E-state index is 12.3. The lowest BCUT2D eigenvalue weighted by molar-refractivity contribution is -0.155. The van der Waals surface area contributed by atoms with Crippen molar-refractivity contribution in [2.75, 3.05) is 36.7 Å². The third-order valence-electron chi connectivity index (χ3n) is 4.50. The van der Waals surface area contributed by atoms with Crippen LogP contribution in [0.4, 0.5) is 5.69 Å². The van der Waals surface area contributed by atoms with Crippen LogP contribution in [0.5, 0.6) is 0 Å². The van der Waals surface area contributed by atoms with Crippen LogP contribution in [0, 0.1) is 6.92 Å². The predicted octanol–water partition coefficient (Wildman–Crippen LogP) is 1.79. The number of aryl methyl sites for hydroxylation is 1. The Balaban J connectivity index is 3.01. The second-order valence-electron chi connectivity index (χ2n) is 8.58. The van der Waals surface area contributed by atoms with Crippen LogP contribution >= 0.6 is 11.6 Å². The monoisotopic (exact) mass is 488 g/mol. The molecule has 8 nitrogen and oxygen atoms in total. The fourth-order valence-electron chi connectivity index (χ4n) is 3.13. The first-order valence-corrected chi connectivity index (χ1v) is 12.8.